The first kappa shape index (κ1) is 16.3. The van der Waals surface area contributed by atoms with Crippen molar-refractivity contribution >= 4 is 29.1 Å². The number of ether oxygens (including phenoxy) is 1. The highest BCUT2D eigenvalue weighted by molar-refractivity contribution is 8.01. The summed E-state index contributed by atoms with van der Waals surface area (Å²) in [7, 11) is 0. The molecule has 0 radical (unpaired) electrons. The number of amides is 1. The Hall–Kier alpha value is -1.87. The summed E-state index contributed by atoms with van der Waals surface area (Å²) in [6.07, 6.45) is 5.07. The Morgan fingerprint density at radius 3 is 3.00 bits per heavy atom. The molecule has 8 nitrogen and oxygen atoms in total. The average Bonchev–Trinajstić information content (AvgIpc) is 3.37. The van der Waals surface area contributed by atoms with Crippen molar-refractivity contribution in [1.29, 1.82) is 0 Å². The summed E-state index contributed by atoms with van der Waals surface area (Å²) < 4.78 is 7.88. The fraction of sp³-hybridized carbons (Fsp3) is 0.647. The van der Waals surface area contributed by atoms with Crippen LogP contribution in [0.4, 0.5) is 5.82 Å². The van der Waals surface area contributed by atoms with Gasteiger partial charge in [0.05, 0.1) is 10.9 Å². The van der Waals surface area contributed by atoms with Gasteiger partial charge in [-0.25, -0.2) is 0 Å². The van der Waals surface area contributed by atoms with Gasteiger partial charge in [0.25, 0.3) is 0 Å². The van der Waals surface area contributed by atoms with Crippen LogP contribution in [0.1, 0.15) is 19.3 Å². The second-order valence-electron chi connectivity index (χ2n) is 7.40. The van der Waals surface area contributed by atoms with Crippen LogP contribution in [0.3, 0.4) is 0 Å². The molecule has 0 N–H and O–H groups in total. The Bertz CT molecular complexity index is 814. The second-order valence-corrected chi connectivity index (χ2v) is 8.89. The van der Waals surface area contributed by atoms with Gasteiger partial charge in [-0.05, 0) is 31.4 Å². The summed E-state index contributed by atoms with van der Waals surface area (Å²) in [5.74, 6) is 2.08. The predicted molar refractivity (Wildman–Crippen MR) is 98.4 cm³/mol. The topological polar surface area (TPSA) is 75.9 Å². The largest absolute Gasteiger partial charge is 0.367 e. The van der Waals surface area contributed by atoms with Crippen LogP contribution >= 0.6 is 11.8 Å². The highest BCUT2D eigenvalue weighted by Gasteiger charge is 2.50. The Kier molecular flexibility index (Phi) is 4.00. The van der Waals surface area contributed by atoms with Crippen LogP contribution in [0.15, 0.2) is 18.5 Å². The van der Waals surface area contributed by atoms with Crippen LogP contribution in [0.5, 0.6) is 0 Å². The number of fused-ring (bicyclic) bond motifs is 1. The molecule has 0 saturated carbocycles. The molecule has 9 heteroatoms. The first-order valence-corrected chi connectivity index (χ1v) is 10.1. The molecule has 0 unspecified atom stereocenters. The van der Waals surface area contributed by atoms with Gasteiger partial charge in [-0.3, -0.25) is 4.79 Å². The monoisotopic (exact) mass is 374 g/mol. The number of likely N-dealkylation sites (tertiary alicyclic amines) is 1. The van der Waals surface area contributed by atoms with E-state index in [2.05, 4.69) is 20.2 Å². The molecular formula is C17H22N6O2S. The molecule has 26 heavy (non-hydrogen) atoms. The lowest BCUT2D eigenvalue weighted by Gasteiger charge is -2.48. The number of hydrogen-bond donors (Lipinski definition) is 0. The summed E-state index contributed by atoms with van der Waals surface area (Å²) in [6.45, 7) is 3.96. The molecule has 2 aromatic rings. The van der Waals surface area contributed by atoms with E-state index in [1.807, 2.05) is 28.8 Å². The molecule has 1 atom stereocenters. The number of thioether (sulfide) groups is 1. The van der Waals surface area contributed by atoms with Gasteiger partial charge in [0, 0.05) is 31.9 Å². The molecule has 3 aliphatic rings. The number of aromatic nitrogens is 4. The Morgan fingerprint density at radius 1 is 1.31 bits per heavy atom. The first-order chi connectivity index (χ1) is 12.7. The third-order valence-electron chi connectivity index (χ3n) is 5.51. The number of rotatable bonds is 4. The molecule has 5 rings (SSSR count). The van der Waals surface area contributed by atoms with Crippen molar-refractivity contribution in [2.24, 2.45) is 0 Å². The van der Waals surface area contributed by atoms with Crippen LogP contribution in [0, 0.1) is 0 Å². The van der Waals surface area contributed by atoms with E-state index >= 15 is 0 Å². The minimum absolute atomic E-state index is 0.148. The van der Waals surface area contributed by atoms with Crippen LogP contribution in [0.2, 0.25) is 0 Å². The molecule has 1 amide bonds. The highest BCUT2D eigenvalue weighted by Crippen LogP contribution is 2.47. The van der Waals surface area contributed by atoms with E-state index in [9.17, 15) is 4.79 Å². The fourth-order valence-electron chi connectivity index (χ4n) is 4.08. The van der Waals surface area contributed by atoms with Crippen LogP contribution in [-0.2, 0) is 9.53 Å². The Morgan fingerprint density at radius 2 is 2.15 bits per heavy atom. The standard InChI is InChI=1S/C17H22N6O2S/c24-16(21-5-1-2-6-21)8-25-13-7-17(26-9-13)10-22(11-17)15-4-3-14-19-18-12-23(14)20-15/h3-4,12-13H,1-2,5-11H2/t13-/m1/s1. The van der Waals surface area contributed by atoms with Crippen LogP contribution < -0.4 is 4.90 Å². The zero-order valence-electron chi connectivity index (χ0n) is 14.6. The molecular weight excluding hydrogens is 352 g/mol. The quantitative estimate of drug-likeness (QED) is 0.784. The van der Waals surface area contributed by atoms with Crippen LogP contribution in [-0.4, -0.2) is 80.0 Å². The van der Waals surface area contributed by atoms with Gasteiger partial charge in [-0.1, -0.05) is 0 Å². The minimum Gasteiger partial charge on any atom is -0.367 e. The summed E-state index contributed by atoms with van der Waals surface area (Å²) >= 11 is 1.98. The fourth-order valence-corrected chi connectivity index (χ4v) is 5.63. The van der Waals surface area contributed by atoms with E-state index in [1.54, 1.807) is 10.8 Å². The maximum atomic E-state index is 12.1. The molecule has 2 aromatic heterocycles. The minimum atomic E-state index is 0.148. The van der Waals surface area contributed by atoms with E-state index in [4.69, 9.17) is 4.74 Å². The van der Waals surface area contributed by atoms with Gasteiger partial charge in [-0.2, -0.15) is 4.52 Å². The number of carbonyl (C=O) groups is 1. The number of carbonyl (C=O) groups excluding carboxylic acids is 1. The smallest absolute Gasteiger partial charge is 0.248 e. The van der Waals surface area contributed by atoms with E-state index < -0.39 is 0 Å². The average molecular weight is 374 g/mol. The van der Waals surface area contributed by atoms with Crippen molar-refractivity contribution in [2.75, 3.05) is 43.4 Å². The lowest BCUT2D eigenvalue weighted by Crippen LogP contribution is -2.59. The number of hydrogen-bond acceptors (Lipinski definition) is 7. The van der Waals surface area contributed by atoms with Crippen molar-refractivity contribution in [2.45, 2.75) is 30.1 Å². The Labute approximate surface area is 155 Å². The van der Waals surface area contributed by atoms with E-state index in [0.717, 1.165) is 62.7 Å². The van der Waals surface area contributed by atoms with E-state index in [0.29, 0.717) is 0 Å². The van der Waals surface area contributed by atoms with E-state index in [1.165, 1.54) is 0 Å². The molecule has 138 valence electrons. The lowest BCUT2D eigenvalue weighted by atomic mass is 9.93. The molecule has 3 saturated heterocycles. The van der Waals surface area contributed by atoms with Crippen molar-refractivity contribution in [3.8, 4) is 0 Å². The summed E-state index contributed by atoms with van der Waals surface area (Å²) in [4.78, 5) is 16.3. The van der Waals surface area contributed by atoms with Crippen LogP contribution in [0.25, 0.3) is 5.65 Å². The van der Waals surface area contributed by atoms with Gasteiger partial charge in [0.2, 0.25) is 5.91 Å². The highest BCUT2D eigenvalue weighted by atomic mass is 32.2. The molecule has 1 spiro atoms. The van der Waals surface area contributed by atoms with E-state index in [-0.39, 0.29) is 23.4 Å². The Balaban J connectivity index is 1.14. The lowest BCUT2D eigenvalue weighted by molar-refractivity contribution is -0.136. The normalized spacial score (nSPS) is 24.5. The maximum Gasteiger partial charge on any atom is 0.248 e. The third-order valence-corrected chi connectivity index (χ3v) is 7.08. The molecule has 0 bridgehead atoms. The van der Waals surface area contributed by atoms with Crippen molar-refractivity contribution < 1.29 is 9.53 Å². The second kappa shape index (κ2) is 6.38. The zero-order valence-corrected chi connectivity index (χ0v) is 15.4. The first-order valence-electron chi connectivity index (χ1n) is 9.16. The van der Waals surface area contributed by atoms with Crippen molar-refractivity contribution in [3.63, 3.8) is 0 Å². The van der Waals surface area contributed by atoms with Crippen molar-refractivity contribution in [1.82, 2.24) is 24.7 Å². The summed E-state index contributed by atoms with van der Waals surface area (Å²) in [5, 5.41) is 12.4. The van der Waals surface area contributed by atoms with Gasteiger partial charge in [0.15, 0.2) is 5.65 Å². The third kappa shape index (κ3) is 2.92. The van der Waals surface area contributed by atoms with Gasteiger partial charge >= 0.3 is 0 Å². The van der Waals surface area contributed by atoms with Gasteiger partial charge in [0.1, 0.15) is 18.8 Å². The predicted octanol–water partition coefficient (Wildman–Crippen LogP) is 0.828. The zero-order chi connectivity index (χ0) is 17.6. The van der Waals surface area contributed by atoms with Gasteiger partial charge < -0.3 is 14.5 Å². The number of nitrogens with zero attached hydrogens (tertiary/aromatic N) is 6. The van der Waals surface area contributed by atoms with Crippen molar-refractivity contribution in [3.05, 3.63) is 18.5 Å². The summed E-state index contributed by atoms with van der Waals surface area (Å²) in [5.41, 5.74) is 0.760. The molecule has 0 aromatic carbocycles. The SMILES string of the molecule is O=C(CO[C@H]1CSC2(C1)CN(c1ccc3nncn3n1)C2)N1CCCC1. The molecule has 0 aliphatic carbocycles. The molecule has 3 fully saturated rings. The molecule has 5 heterocycles. The molecule has 3 aliphatic heterocycles. The maximum absolute atomic E-state index is 12.1. The number of anilines is 1. The van der Waals surface area contributed by atoms with Gasteiger partial charge in [-0.15, -0.1) is 27.1 Å². The summed E-state index contributed by atoms with van der Waals surface area (Å²) in [6, 6.07) is 3.94.